The Morgan fingerprint density at radius 3 is 2.88 bits per heavy atom. The highest BCUT2D eigenvalue weighted by atomic mass is 32.2. The first-order chi connectivity index (χ1) is 7.43. The van der Waals surface area contributed by atoms with Crippen LogP contribution in [0.1, 0.15) is 19.8 Å². The molecule has 1 saturated heterocycles. The van der Waals surface area contributed by atoms with Crippen molar-refractivity contribution in [3.63, 3.8) is 0 Å². The van der Waals surface area contributed by atoms with Crippen LogP contribution < -0.4 is 5.32 Å². The summed E-state index contributed by atoms with van der Waals surface area (Å²) >= 11 is 0. The molecule has 2 unspecified atom stereocenters. The standard InChI is InChI=1S/C11H20N2O2S/c1-4-10(2)12-8-11-6-5-7-13(9-11)16(3,14)15/h1,10-12H,5-9H2,2-3H3. The van der Waals surface area contributed by atoms with Crippen LogP contribution in [0.25, 0.3) is 0 Å². The minimum Gasteiger partial charge on any atom is -0.304 e. The van der Waals surface area contributed by atoms with Gasteiger partial charge in [-0.15, -0.1) is 6.42 Å². The minimum atomic E-state index is -3.04. The fourth-order valence-corrected chi connectivity index (χ4v) is 2.84. The molecular weight excluding hydrogens is 224 g/mol. The van der Waals surface area contributed by atoms with Crippen LogP contribution in [0.2, 0.25) is 0 Å². The first-order valence-electron chi connectivity index (χ1n) is 5.58. The zero-order valence-electron chi connectivity index (χ0n) is 9.94. The Morgan fingerprint density at radius 2 is 2.31 bits per heavy atom. The van der Waals surface area contributed by atoms with Gasteiger partial charge in [0, 0.05) is 19.6 Å². The second kappa shape index (κ2) is 5.67. The summed E-state index contributed by atoms with van der Waals surface area (Å²) in [5.74, 6) is 2.98. The molecule has 0 aromatic rings. The number of rotatable bonds is 4. The van der Waals surface area contributed by atoms with Gasteiger partial charge in [0.25, 0.3) is 0 Å². The molecule has 1 aliphatic heterocycles. The summed E-state index contributed by atoms with van der Waals surface area (Å²) < 4.78 is 24.4. The average molecular weight is 244 g/mol. The zero-order chi connectivity index (χ0) is 12.2. The maximum Gasteiger partial charge on any atom is 0.211 e. The van der Waals surface area contributed by atoms with E-state index in [0.29, 0.717) is 19.0 Å². The highest BCUT2D eigenvalue weighted by molar-refractivity contribution is 7.88. The molecule has 5 heteroatoms. The van der Waals surface area contributed by atoms with Crippen molar-refractivity contribution in [2.45, 2.75) is 25.8 Å². The summed E-state index contributed by atoms with van der Waals surface area (Å²) in [6, 6.07) is 0.0496. The van der Waals surface area contributed by atoms with Crippen molar-refractivity contribution in [1.82, 2.24) is 9.62 Å². The summed E-state index contributed by atoms with van der Waals surface area (Å²) in [4.78, 5) is 0. The van der Waals surface area contributed by atoms with E-state index < -0.39 is 10.0 Å². The molecule has 1 fully saturated rings. The van der Waals surface area contributed by atoms with E-state index in [9.17, 15) is 8.42 Å². The van der Waals surface area contributed by atoms with Gasteiger partial charge in [-0.2, -0.15) is 0 Å². The lowest BCUT2D eigenvalue weighted by molar-refractivity contribution is 0.260. The number of hydrogen-bond acceptors (Lipinski definition) is 3. The molecule has 2 atom stereocenters. The fraction of sp³-hybridized carbons (Fsp3) is 0.818. The average Bonchev–Trinajstić information content (AvgIpc) is 2.25. The minimum absolute atomic E-state index is 0.0496. The highest BCUT2D eigenvalue weighted by Gasteiger charge is 2.25. The molecule has 4 nitrogen and oxygen atoms in total. The first-order valence-corrected chi connectivity index (χ1v) is 7.43. The predicted octanol–water partition coefficient (Wildman–Crippen LogP) is 0.269. The molecule has 0 aromatic carbocycles. The smallest absolute Gasteiger partial charge is 0.211 e. The molecule has 0 radical (unpaired) electrons. The van der Waals surface area contributed by atoms with Crippen LogP contribution in [0.4, 0.5) is 0 Å². The summed E-state index contributed by atoms with van der Waals surface area (Å²) in [5.41, 5.74) is 0. The maximum absolute atomic E-state index is 11.4. The quantitative estimate of drug-likeness (QED) is 0.722. The van der Waals surface area contributed by atoms with Crippen LogP contribution in [0.15, 0.2) is 0 Å². The number of nitrogens with zero attached hydrogens (tertiary/aromatic N) is 1. The molecule has 16 heavy (non-hydrogen) atoms. The SMILES string of the molecule is C#CC(C)NCC1CCCN(S(C)(=O)=O)C1. The number of nitrogens with one attached hydrogen (secondary N) is 1. The number of piperidine rings is 1. The van der Waals surface area contributed by atoms with Crippen LogP contribution >= 0.6 is 0 Å². The van der Waals surface area contributed by atoms with Gasteiger partial charge < -0.3 is 5.32 Å². The van der Waals surface area contributed by atoms with Gasteiger partial charge in [0.15, 0.2) is 0 Å². The summed E-state index contributed by atoms with van der Waals surface area (Å²) in [7, 11) is -3.04. The highest BCUT2D eigenvalue weighted by Crippen LogP contribution is 2.17. The molecule has 1 heterocycles. The molecular formula is C11H20N2O2S. The molecule has 1 rings (SSSR count). The third-order valence-corrected chi connectivity index (χ3v) is 4.18. The zero-order valence-corrected chi connectivity index (χ0v) is 10.8. The van der Waals surface area contributed by atoms with E-state index in [1.165, 1.54) is 6.26 Å². The van der Waals surface area contributed by atoms with Gasteiger partial charge in [-0.3, -0.25) is 0 Å². The monoisotopic (exact) mass is 244 g/mol. The molecule has 0 aromatic heterocycles. The van der Waals surface area contributed by atoms with Crippen LogP contribution in [0.3, 0.4) is 0 Å². The Labute approximate surface area is 98.5 Å². The Morgan fingerprint density at radius 1 is 1.62 bits per heavy atom. The van der Waals surface area contributed by atoms with E-state index in [1.807, 2.05) is 6.92 Å². The maximum atomic E-state index is 11.4. The molecule has 1 aliphatic rings. The van der Waals surface area contributed by atoms with Gasteiger partial charge in [0.2, 0.25) is 10.0 Å². The summed E-state index contributed by atoms with van der Waals surface area (Å²) in [6.07, 6.45) is 8.54. The van der Waals surface area contributed by atoms with Crippen LogP contribution in [0, 0.1) is 18.3 Å². The van der Waals surface area contributed by atoms with Gasteiger partial charge in [-0.05, 0) is 25.7 Å². The Hall–Kier alpha value is -0.570. The second-order valence-corrected chi connectivity index (χ2v) is 6.41. The molecule has 0 amide bonds. The molecule has 92 valence electrons. The molecule has 0 bridgehead atoms. The topological polar surface area (TPSA) is 49.4 Å². The van der Waals surface area contributed by atoms with Gasteiger partial charge in [-0.25, -0.2) is 12.7 Å². The van der Waals surface area contributed by atoms with Crippen LogP contribution in [0.5, 0.6) is 0 Å². The molecule has 0 aliphatic carbocycles. The van der Waals surface area contributed by atoms with Crippen LogP contribution in [-0.4, -0.2) is 44.7 Å². The van der Waals surface area contributed by atoms with Crippen molar-refractivity contribution in [2.75, 3.05) is 25.9 Å². The van der Waals surface area contributed by atoms with Crippen molar-refractivity contribution < 1.29 is 8.42 Å². The molecule has 1 N–H and O–H groups in total. The normalized spacial score (nSPS) is 24.9. The van der Waals surface area contributed by atoms with E-state index in [0.717, 1.165) is 19.4 Å². The summed E-state index contributed by atoms with van der Waals surface area (Å²) in [6.45, 7) is 3.98. The lowest BCUT2D eigenvalue weighted by Gasteiger charge is -2.31. The van der Waals surface area contributed by atoms with Gasteiger partial charge in [0.05, 0.1) is 12.3 Å². The first kappa shape index (κ1) is 13.5. The van der Waals surface area contributed by atoms with E-state index in [2.05, 4.69) is 11.2 Å². The van der Waals surface area contributed by atoms with E-state index in [-0.39, 0.29) is 6.04 Å². The lowest BCUT2D eigenvalue weighted by atomic mass is 9.99. The van der Waals surface area contributed by atoms with Gasteiger partial charge in [-0.1, -0.05) is 5.92 Å². The van der Waals surface area contributed by atoms with Crippen molar-refractivity contribution in [3.8, 4) is 12.3 Å². The van der Waals surface area contributed by atoms with E-state index >= 15 is 0 Å². The van der Waals surface area contributed by atoms with Crippen molar-refractivity contribution in [2.24, 2.45) is 5.92 Å². The van der Waals surface area contributed by atoms with Crippen molar-refractivity contribution in [1.29, 1.82) is 0 Å². The molecule has 0 saturated carbocycles. The third-order valence-electron chi connectivity index (χ3n) is 2.91. The Kier molecular flexibility index (Phi) is 4.78. The number of terminal acetylenes is 1. The number of sulfonamides is 1. The predicted molar refractivity (Wildman–Crippen MR) is 65.4 cm³/mol. The number of hydrogen-bond donors (Lipinski definition) is 1. The van der Waals surface area contributed by atoms with E-state index in [1.54, 1.807) is 4.31 Å². The lowest BCUT2D eigenvalue weighted by Crippen LogP contribution is -2.43. The fourth-order valence-electron chi connectivity index (χ4n) is 1.90. The second-order valence-electron chi connectivity index (χ2n) is 4.43. The van der Waals surface area contributed by atoms with Crippen molar-refractivity contribution in [3.05, 3.63) is 0 Å². The third kappa shape index (κ3) is 4.12. The van der Waals surface area contributed by atoms with E-state index in [4.69, 9.17) is 6.42 Å². The summed E-state index contributed by atoms with van der Waals surface area (Å²) in [5, 5.41) is 3.22. The Balaban J connectivity index is 2.43. The Bertz CT molecular complexity index is 359. The van der Waals surface area contributed by atoms with Gasteiger partial charge >= 0.3 is 0 Å². The van der Waals surface area contributed by atoms with Crippen LogP contribution in [-0.2, 0) is 10.0 Å². The molecule has 0 spiro atoms. The largest absolute Gasteiger partial charge is 0.304 e. The van der Waals surface area contributed by atoms with Gasteiger partial charge in [0.1, 0.15) is 0 Å². The van der Waals surface area contributed by atoms with Crippen molar-refractivity contribution >= 4 is 10.0 Å².